The maximum Gasteiger partial charge on any atom is 0.251 e. The van der Waals surface area contributed by atoms with Crippen LogP contribution >= 0.6 is 0 Å². The van der Waals surface area contributed by atoms with Crippen molar-refractivity contribution >= 4 is 15.9 Å². The van der Waals surface area contributed by atoms with Crippen molar-refractivity contribution in [1.29, 1.82) is 0 Å². The summed E-state index contributed by atoms with van der Waals surface area (Å²) in [5, 5.41) is 7.87. The smallest absolute Gasteiger partial charge is 0.251 e. The van der Waals surface area contributed by atoms with E-state index in [0.29, 0.717) is 11.8 Å². The summed E-state index contributed by atoms with van der Waals surface area (Å²) in [5.74, 6) is -0.128. The third-order valence-electron chi connectivity index (χ3n) is 4.55. The molecule has 0 saturated heterocycles. The molecule has 7 heteroatoms. The van der Waals surface area contributed by atoms with Gasteiger partial charge in [0.15, 0.2) is 0 Å². The van der Waals surface area contributed by atoms with Crippen molar-refractivity contribution in [3.63, 3.8) is 0 Å². The molecule has 3 N–H and O–H groups in total. The van der Waals surface area contributed by atoms with Gasteiger partial charge < -0.3 is 5.32 Å². The molecule has 5 nitrogen and oxygen atoms in total. The van der Waals surface area contributed by atoms with Crippen molar-refractivity contribution in [1.82, 2.24) is 5.32 Å². The molecule has 0 spiro atoms. The third-order valence-corrected chi connectivity index (χ3v) is 5.48. The number of hydrogen-bond donors (Lipinski definition) is 2. The van der Waals surface area contributed by atoms with Crippen LogP contribution in [-0.4, -0.2) is 20.4 Å². The third kappa shape index (κ3) is 2.80. The SMILES string of the molecule is NS(=O)(=O)c1cc(C(=O)NC2CC3CCC2C3)ccc1F. The minimum Gasteiger partial charge on any atom is -0.349 e. The topological polar surface area (TPSA) is 89.3 Å². The predicted octanol–water partition coefficient (Wildman–Crippen LogP) is 1.39. The largest absolute Gasteiger partial charge is 0.349 e. The molecule has 0 radical (unpaired) electrons. The van der Waals surface area contributed by atoms with E-state index in [2.05, 4.69) is 5.32 Å². The van der Waals surface area contributed by atoms with Gasteiger partial charge in [0.2, 0.25) is 10.0 Å². The number of sulfonamides is 1. The molecule has 2 aliphatic carbocycles. The molecule has 1 amide bonds. The Labute approximate surface area is 122 Å². The fraction of sp³-hybridized carbons (Fsp3) is 0.500. The van der Waals surface area contributed by atoms with E-state index in [0.717, 1.165) is 31.4 Å². The highest BCUT2D eigenvalue weighted by Gasteiger charge is 2.40. The lowest BCUT2D eigenvalue weighted by molar-refractivity contribution is 0.0922. The number of rotatable bonds is 3. The first kappa shape index (κ1) is 14.5. The molecule has 2 aliphatic rings. The van der Waals surface area contributed by atoms with Crippen LogP contribution in [0, 0.1) is 17.7 Å². The summed E-state index contributed by atoms with van der Waals surface area (Å²) in [4.78, 5) is 11.5. The van der Waals surface area contributed by atoms with Crippen LogP contribution < -0.4 is 10.5 Å². The molecular weight excluding hydrogens is 295 g/mol. The van der Waals surface area contributed by atoms with E-state index in [1.807, 2.05) is 0 Å². The molecule has 1 aromatic carbocycles. The molecule has 0 aromatic heterocycles. The molecule has 0 heterocycles. The van der Waals surface area contributed by atoms with E-state index in [4.69, 9.17) is 5.14 Å². The number of fused-ring (bicyclic) bond motifs is 2. The lowest BCUT2D eigenvalue weighted by atomic mass is 9.95. The number of halogens is 1. The zero-order chi connectivity index (χ0) is 15.2. The van der Waals surface area contributed by atoms with E-state index in [1.165, 1.54) is 12.5 Å². The fourth-order valence-electron chi connectivity index (χ4n) is 3.54. The Hall–Kier alpha value is -1.47. The van der Waals surface area contributed by atoms with Crippen LogP contribution in [0.15, 0.2) is 23.1 Å². The Morgan fingerprint density at radius 2 is 2.05 bits per heavy atom. The van der Waals surface area contributed by atoms with Gasteiger partial charge in [-0.05, 0) is 49.3 Å². The molecule has 2 bridgehead atoms. The number of nitrogens with one attached hydrogen (secondary N) is 1. The standard InChI is InChI=1S/C14H17FN2O3S/c15-11-4-3-10(7-13(11)21(16,19)20)14(18)17-12-6-8-1-2-9(12)5-8/h3-4,7-9,12H,1-2,5-6H2,(H,17,18)(H2,16,19,20). The van der Waals surface area contributed by atoms with E-state index in [9.17, 15) is 17.6 Å². The fourth-order valence-corrected chi connectivity index (χ4v) is 4.17. The zero-order valence-corrected chi connectivity index (χ0v) is 12.2. The van der Waals surface area contributed by atoms with Gasteiger partial charge in [0.1, 0.15) is 10.7 Å². The van der Waals surface area contributed by atoms with Crippen LogP contribution in [-0.2, 0) is 10.0 Å². The summed E-state index contributed by atoms with van der Waals surface area (Å²) < 4.78 is 36.0. The Kier molecular flexibility index (Phi) is 3.49. The molecule has 21 heavy (non-hydrogen) atoms. The maximum atomic E-state index is 13.5. The molecule has 114 valence electrons. The van der Waals surface area contributed by atoms with Gasteiger partial charge in [-0.15, -0.1) is 0 Å². The summed E-state index contributed by atoms with van der Waals surface area (Å²) in [5.41, 5.74) is 0.114. The van der Waals surface area contributed by atoms with Crippen molar-refractivity contribution in [2.24, 2.45) is 17.0 Å². The molecule has 1 aromatic rings. The number of benzene rings is 1. The summed E-state index contributed by atoms with van der Waals surface area (Å²) in [6.07, 6.45) is 4.47. The second-order valence-electron chi connectivity index (χ2n) is 5.95. The Morgan fingerprint density at radius 1 is 1.29 bits per heavy atom. The van der Waals surface area contributed by atoms with Crippen molar-refractivity contribution in [2.45, 2.75) is 36.6 Å². The second kappa shape index (κ2) is 5.06. The number of hydrogen-bond acceptors (Lipinski definition) is 3. The van der Waals surface area contributed by atoms with Crippen LogP contribution in [0.3, 0.4) is 0 Å². The normalized spacial score (nSPS) is 27.8. The number of amides is 1. The van der Waals surface area contributed by atoms with Gasteiger partial charge in [-0.3, -0.25) is 4.79 Å². The van der Waals surface area contributed by atoms with Gasteiger partial charge in [0, 0.05) is 11.6 Å². The van der Waals surface area contributed by atoms with Gasteiger partial charge in [-0.1, -0.05) is 6.42 Å². The number of carbonyl (C=O) groups excluding carboxylic acids is 1. The maximum absolute atomic E-state index is 13.5. The van der Waals surface area contributed by atoms with Crippen LogP contribution in [0.2, 0.25) is 0 Å². The molecule has 0 aliphatic heterocycles. The quantitative estimate of drug-likeness (QED) is 0.884. The van der Waals surface area contributed by atoms with E-state index < -0.39 is 20.7 Å². The minimum atomic E-state index is -4.18. The predicted molar refractivity (Wildman–Crippen MR) is 74.5 cm³/mol. The first-order chi connectivity index (χ1) is 9.84. The lowest BCUT2D eigenvalue weighted by Gasteiger charge is -2.23. The first-order valence-electron chi connectivity index (χ1n) is 6.98. The second-order valence-corrected chi connectivity index (χ2v) is 7.47. The Bertz CT molecular complexity index is 689. The number of nitrogens with two attached hydrogens (primary N) is 1. The summed E-state index contributed by atoms with van der Waals surface area (Å²) in [6, 6.07) is 3.36. The zero-order valence-electron chi connectivity index (χ0n) is 11.4. The van der Waals surface area contributed by atoms with E-state index in [-0.39, 0.29) is 17.5 Å². The van der Waals surface area contributed by atoms with Crippen LogP contribution in [0.5, 0.6) is 0 Å². The van der Waals surface area contributed by atoms with Gasteiger partial charge in [-0.2, -0.15) is 0 Å². The van der Waals surface area contributed by atoms with Crippen molar-refractivity contribution in [3.05, 3.63) is 29.6 Å². The van der Waals surface area contributed by atoms with Crippen molar-refractivity contribution in [2.75, 3.05) is 0 Å². The van der Waals surface area contributed by atoms with Crippen molar-refractivity contribution in [3.8, 4) is 0 Å². The summed E-state index contributed by atoms with van der Waals surface area (Å²) >= 11 is 0. The molecule has 3 unspecified atom stereocenters. The van der Waals surface area contributed by atoms with Crippen LogP contribution in [0.1, 0.15) is 36.0 Å². The summed E-state index contributed by atoms with van der Waals surface area (Å²) in [7, 11) is -4.18. The Morgan fingerprint density at radius 3 is 2.62 bits per heavy atom. The van der Waals surface area contributed by atoms with Crippen LogP contribution in [0.4, 0.5) is 4.39 Å². The summed E-state index contributed by atoms with van der Waals surface area (Å²) in [6.45, 7) is 0. The average molecular weight is 312 g/mol. The molecule has 3 atom stereocenters. The number of primary sulfonamides is 1. The van der Waals surface area contributed by atoms with E-state index in [1.54, 1.807) is 0 Å². The van der Waals surface area contributed by atoms with Gasteiger partial charge in [-0.25, -0.2) is 17.9 Å². The first-order valence-corrected chi connectivity index (χ1v) is 8.52. The minimum absolute atomic E-state index is 0.114. The highest BCUT2D eigenvalue weighted by atomic mass is 32.2. The van der Waals surface area contributed by atoms with Crippen LogP contribution in [0.25, 0.3) is 0 Å². The van der Waals surface area contributed by atoms with Gasteiger partial charge >= 0.3 is 0 Å². The van der Waals surface area contributed by atoms with Crippen molar-refractivity contribution < 1.29 is 17.6 Å². The number of carbonyl (C=O) groups is 1. The van der Waals surface area contributed by atoms with E-state index >= 15 is 0 Å². The average Bonchev–Trinajstić information content (AvgIpc) is 3.00. The van der Waals surface area contributed by atoms with Gasteiger partial charge in [0.05, 0.1) is 0 Å². The molecule has 3 rings (SSSR count). The van der Waals surface area contributed by atoms with Gasteiger partial charge in [0.25, 0.3) is 5.91 Å². The Balaban J connectivity index is 1.79. The molecular formula is C14H17FN2O3S. The lowest BCUT2D eigenvalue weighted by Crippen LogP contribution is -2.38. The highest BCUT2D eigenvalue weighted by molar-refractivity contribution is 7.89. The molecule has 2 fully saturated rings. The highest BCUT2D eigenvalue weighted by Crippen LogP contribution is 2.44. The molecule has 2 saturated carbocycles. The monoisotopic (exact) mass is 312 g/mol.